The van der Waals surface area contributed by atoms with Crippen molar-refractivity contribution in [2.45, 2.75) is 45.1 Å². The Bertz CT molecular complexity index is 212. The first-order chi connectivity index (χ1) is 6.72. The van der Waals surface area contributed by atoms with Crippen molar-refractivity contribution in [3.05, 3.63) is 0 Å². The molecule has 0 aromatic heterocycles. The van der Waals surface area contributed by atoms with Crippen LogP contribution >= 0.6 is 0 Å². The molecular weight excluding hydrogens is 184 g/mol. The smallest absolute Gasteiger partial charge is 0.309 e. The normalized spacial score (nSPS) is 20.6. The highest BCUT2D eigenvalue weighted by Crippen LogP contribution is 2.17. The Hall–Kier alpha value is -1.06. The van der Waals surface area contributed by atoms with Gasteiger partial charge in [-0.15, -0.1) is 0 Å². The molecule has 80 valence electrons. The molecule has 4 nitrogen and oxygen atoms in total. The molecule has 1 unspecified atom stereocenters. The van der Waals surface area contributed by atoms with E-state index < -0.39 is 0 Å². The van der Waals surface area contributed by atoms with Gasteiger partial charge in [0.1, 0.15) is 6.10 Å². The van der Waals surface area contributed by atoms with Gasteiger partial charge in [-0.05, 0) is 12.8 Å². The van der Waals surface area contributed by atoms with Crippen LogP contribution in [0.4, 0.5) is 0 Å². The fraction of sp³-hybridized carbons (Fsp3) is 0.800. The van der Waals surface area contributed by atoms with Crippen molar-refractivity contribution in [1.82, 2.24) is 0 Å². The summed E-state index contributed by atoms with van der Waals surface area (Å²) >= 11 is 0. The standard InChI is InChI=1S/C10H16O4/c1-2-3-6-13-10(12)7-8-4-5-9(11)14-8/h8H,2-7H2,1H3. The van der Waals surface area contributed by atoms with Gasteiger partial charge in [0.2, 0.25) is 0 Å². The van der Waals surface area contributed by atoms with E-state index in [-0.39, 0.29) is 24.5 Å². The second-order valence-electron chi connectivity index (χ2n) is 3.43. The van der Waals surface area contributed by atoms with Gasteiger partial charge in [0.25, 0.3) is 0 Å². The topological polar surface area (TPSA) is 52.6 Å². The van der Waals surface area contributed by atoms with Crippen LogP contribution < -0.4 is 0 Å². The van der Waals surface area contributed by atoms with Crippen LogP contribution in [0.3, 0.4) is 0 Å². The van der Waals surface area contributed by atoms with Gasteiger partial charge in [0, 0.05) is 6.42 Å². The van der Waals surface area contributed by atoms with Crippen molar-refractivity contribution in [2.24, 2.45) is 0 Å². The average Bonchev–Trinajstić information content (AvgIpc) is 2.52. The predicted molar refractivity (Wildman–Crippen MR) is 49.6 cm³/mol. The van der Waals surface area contributed by atoms with Gasteiger partial charge in [-0.25, -0.2) is 0 Å². The summed E-state index contributed by atoms with van der Waals surface area (Å²) in [6, 6.07) is 0. The lowest BCUT2D eigenvalue weighted by Crippen LogP contribution is -2.16. The number of ether oxygens (including phenoxy) is 2. The van der Waals surface area contributed by atoms with Crippen LogP contribution in [-0.2, 0) is 19.1 Å². The Morgan fingerprint density at radius 3 is 3.00 bits per heavy atom. The van der Waals surface area contributed by atoms with Gasteiger partial charge in [-0.1, -0.05) is 13.3 Å². The second-order valence-corrected chi connectivity index (χ2v) is 3.43. The van der Waals surface area contributed by atoms with Crippen LogP contribution in [0.25, 0.3) is 0 Å². The minimum Gasteiger partial charge on any atom is -0.466 e. The Balaban J connectivity index is 2.11. The Kier molecular flexibility index (Phi) is 4.43. The number of unbranched alkanes of at least 4 members (excludes halogenated alkanes) is 1. The van der Waals surface area contributed by atoms with Gasteiger partial charge >= 0.3 is 11.9 Å². The molecule has 1 rings (SSSR count). The van der Waals surface area contributed by atoms with Gasteiger partial charge in [0.05, 0.1) is 13.0 Å². The quantitative estimate of drug-likeness (QED) is 0.497. The molecule has 0 N–H and O–H groups in total. The van der Waals surface area contributed by atoms with Crippen molar-refractivity contribution in [3.63, 3.8) is 0 Å². The molecule has 1 heterocycles. The molecule has 0 saturated carbocycles. The molecule has 1 fully saturated rings. The number of hydrogen-bond donors (Lipinski definition) is 0. The van der Waals surface area contributed by atoms with E-state index in [0.29, 0.717) is 19.4 Å². The van der Waals surface area contributed by atoms with E-state index >= 15 is 0 Å². The summed E-state index contributed by atoms with van der Waals surface area (Å²) in [6.07, 6.45) is 2.91. The largest absolute Gasteiger partial charge is 0.466 e. The number of carbonyl (C=O) groups is 2. The third-order valence-corrected chi connectivity index (χ3v) is 2.12. The first kappa shape index (κ1) is 11.0. The molecule has 0 bridgehead atoms. The summed E-state index contributed by atoms with van der Waals surface area (Å²) in [6.45, 7) is 2.50. The minimum absolute atomic E-state index is 0.204. The van der Waals surface area contributed by atoms with Gasteiger partial charge < -0.3 is 9.47 Å². The fourth-order valence-electron chi connectivity index (χ4n) is 1.30. The molecule has 1 aliphatic rings. The van der Waals surface area contributed by atoms with Gasteiger partial charge in [-0.2, -0.15) is 0 Å². The number of carbonyl (C=O) groups excluding carboxylic acids is 2. The lowest BCUT2D eigenvalue weighted by Gasteiger charge is -2.08. The van der Waals surface area contributed by atoms with E-state index in [1.165, 1.54) is 0 Å². The molecule has 1 saturated heterocycles. The lowest BCUT2D eigenvalue weighted by molar-refractivity contribution is -0.149. The van der Waals surface area contributed by atoms with Crippen LogP contribution in [0.15, 0.2) is 0 Å². The summed E-state index contributed by atoms with van der Waals surface area (Å²) in [5, 5.41) is 0. The van der Waals surface area contributed by atoms with E-state index in [1.807, 2.05) is 6.92 Å². The molecule has 0 aromatic rings. The molecule has 0 aliphatic carbocycles. The van der Waals surface area contributed by atoms with Crippen LogP contribution in [0.1, 0.15) is 39.0 Å². The SMILES string of the molecule is CCCCOC(=O)CC1CCC(=O)O1. The monoisotopic (exact) mass is 200 g/mol. The third-order valence-electron chi connectivity index (χ3n) is 2.12. The maximum Gasteiger partial charge on any atom is 0.309 e. The van der Waals surface area contributed by atoms with Crippen molar-refractivity contribution < 1.29 is 19.1 Å². The van der Waals surface area contributed by atoms with Crippen LogP contribution in [0.2, 0.25) is 0 Å². The molecular formula is C10H16O4. The van der Waals surface area contributed by atoms with Crippen molar-refractivity contribution in [3.8, 4) is 0 Å². The van der Waals surface area contributed by atoms with Gasteiger partial charge in [-0.3, -0.25) is 9.59 Å². The number of hydrogen-bond acceptors (Lipinski definition) is 4. The second kappa shape index (κ2) is 5.62. The third kappa shape index (κ3) is 3.77. The lowest BCUT2D eigenvalue weighted by atomic mass is 10.2. The zero-order valence-corrected chi connectivity index (χ0v) is 8.45. The van der Waals surface area contributed by atoms with Crippen molar-refractivity contribution in [2.75, 3.05) is 6.61 Å². The zero-order valence-electron chi connectivity index (χ0n) is 8.45. The van der Waals surface area contributed by atoms with E-state index in [2.05, 4.69) is 0 Å². The van der Waals surface area contributed by atoms with Crippen LogP contribution in [-0.4, -0.2) is 24.6 Å². The van der Waals surface area contributed by atoms with E-state index in [4.69, 9.17) is 9.47 Å². The Morgan fingerprint density at radius 2 is 2.43 bits per heavy atom. The number of rotatable bonds is 5. The first-order valence-electron chi connectivity index (χ1n) is 5.07. The van der Waals surface area contributed by atoms with E-state index in [0.717, 1.165) is 12.8 Å². The van der Waals surface area contributed by atoms with Crippen LogP contribution in [0.5, 0.6) is 0 Å². The molecule has 0 spiro atoms. The maximum atomic E-state index is 11.2. The first-order valence-corrected chi connectivity index (χ1v) is 5.07. The molecule has 1 atom stereocenters. The molecule has 1 aliphatic heterocycles. The van der Waals surface area contributed by atoms with E-state index in [1.54, 1.807) is 0 Å². The zero-order chi connectivity index (χ0) is 10.4. The minimum atomic E-state index is -0.266. The summed E-state index contributed by atoms with van der Waals surface area (Å²) in [7, 11) is 0. The number of cyclic esters (lactones) is 1. The summed E-state index contributed by atoms with van der Waals surface area (Å²) in [5.41, 5.74) is 0. The maximum absolute atomic E-state index is 11.2. The fourth-order valence-corrected chi connectivity index (χ4v) is 1.30. The highest BCUT2D eigenvalue weighted by Gasteiger charge is 2.25. The Morgan fingerprint density at radius 1 is 1.64 bits per heavy atom. The average molecular weight is 200 g/mol. The van der Waals surface area contributed by atoms with Crippen molar-refractivity contribution >= 4 is 11.9 Å². The van der Waals surface area contributed by atoms with E-state index in [9.17, 15) is 9.59 Å². The van der Waals surface area contributed by atoms with Crippen LogP contribution in [0, 0.1) is 0 Å². The summed E-state index contributed by atoms with van der Waals surface area (Å²) in [4.78, 5) is 21.9. The highest BCUT2D eigenvalue weighted by molar-refractivity contribution is 5.74. The predicted octanol–water partition coefficient (Wildman–Crippen LogP) is 1.43. The number of esters is 2. The molecule has 14 heavy (non-hydrogen) atoms. The molecule has 4 heteroatoms. The van der Waals surface area contributed by atoms with Crippen molar-refractivity contribution in [1.29, 1.82) is 0 Å². The summed E-state index contributed by atoms with van der Waals surface area (Å²) in [5.74, 6) is -0.477. The molecule has 0 radical (unpaired) electrons. The van der Waals surface area contributed by atoms with Gasteiger partial charge in [0.15, 0.2) is 0 Å². The molecule has 0 amide bonds. The molecule has 0 aromatic carbocycles. The summed E-state index contributed by atoms with van der Waals surface area (Å²) < 4.78 is 9.85. The highest BCUT2D eigenvalue weighted by atomic mass is 16.6. The Labute approximate surface area is 83.6 Å².